The molecule has 1 rings (SSSR count). The van der Waals surface area contributed by atoms with Crippen LogP contribution < -0.4 is 0 Å². The summed E-state index contributed by atoms with van der Waals surface area (Å²) in [4.78, 5) is 33.7. The molecule has 0 aromatic carbocycles. The summed E-state index contributed by atoms with van der Waals surface area (Å²) in [6, 6.07) is 0. The third kappa shape index (κ3) is 4.48. The third-order valence-corrected chi connectivity index (χ3v) is 2.86. The minimum Gasteiger partial charge on any atom is -0.455 e. The fourth-order valence-electron chi connectivity index (χ4n) is 2.16. The Morgan fingerprint density at radius 1 is 1.10 bits per heavy atom. The van der Waals surface area contributed by atoms with Gasteiger partial charge in [0.1, 0.15) is 12.2 Å². The van der Waals surface area contributed by atoms with Crippen LogP contribution in [0, 0.1) is 0 Å². The number of rotatable bonds is 6. The Hall–Kier alpha value is -1.51. The molecule has 1 saturated heterocycles. The molecule has 1 fully saturated rings. The van der Waals surface area contributed by atoms with E-state index >= 15 is 0 Å². The van der Waals surface area contributed by atoms with Gasteiger partial charge in [-0.15, -0.1) is 0 Å². The van der Waals surface area contributed by atoms with Crippen LogP contribution in [0.3, 0.4) is 0 Å². The highest BCUT2D eigenvalue weighted by Crippen LogP contribution is 2.28. The van der Waals surface area contributed by atoms with Crippen molar-refractivity contribution in [1.82, 2.24) is 0 Å². The van der Waals surface area contributed by atoms with E-state index in [0.717, 1.165) is 0 Å². The number of carbonyl (C=O) groups is 3. The van der Waals surface area contributed by atoms with Crippen molar-refractivity contribution < 1.29 is 38.1 Å². The van der Waals surface area contributed by atoms with Gasteiger partial charge in [-0.05, 0) is 6.92 Å². The van der Waals surface area contributed by atoms with Gasteiger partial charge < -0.3 is 28.5 Å². The van der Waals surface area contributed by atoms with Crippen LogP contribution in [0.1, 0.15) is 20.8 Å². The van der Waals surface area contributed by atoms with Gasteiger partial charge in [-0.25, -0.2) is 0 Å². The molecule has 1 heterocycles. The highest BCUT2D eigenvalue weighted by molar-refractivity contribution is 5.68. The molecule has 0 saturated carbocycles. The predicted octanol–water partition coefficient (Wildman–Crippen LogP) is -0.175. The first-order valence-electron chi connectivity index (χ1n) is 6.54. The van der Waals surface area contributed by atoms with E-state index in [1.54, 1.807) is 6.92 Å². The summed E-state index contributed by atoms with van der Waals surface area (Å²) < 4.78 is 26.2. The molecule has 5 atom stereocenters. The zero-order valence-corrected chi connectivity index (χ0v) is 12.4. The van der Waals surface area contributed by atoms with Crippen LogP contribution in [0.2, 0.25) is 0 Å². The monoisotopic (exact) mass is 304 g/mol. The molecule has 8 heteroatoms. The molecule has 0 radical (unpaired) electrons. The summed E-state index contributed by atoms with van der Waals surface area (Å²) in [7, 11) is 1.33. The second-order valence-corrected chi connectivity index (χ2v) is 4.41. The lowest BCUT2D eigenvalue weighted by Gasteiger charge is -2.42. The van der Waals surface area contributed by atoms with Crippen molar-refractivity contribution in [1.29, 1.82) is 0 Å². The van der Waals surface area contributed by atoms with Crippen LogP contribution >= 0.6 is 0 Å². The summed E-state index contributed by atoms with van der Waals surface area (Å²) in [5, 5.41) is 0. The van der Waals surface area contributed by atoms with Gasteiger partial charge in [-0.1, -0.05) is 0 Å². The second-order valence-electron chi connectivity index (χ2n) is 4.41. The average molecular weight is 304 g/mol. The van der Waals surface area contributed by atoms with Crippen LogP contribution in [-0.4, -0.2) is 62.6 Å². The molecule has 0 amide bonds. The van der Waals surface area contributed by atoms with E-state index in [0.29, 0.717) is 6.29 Å². The van der Waals surface area contributed by atoms with E-state index < -0.39 is 42.6 Å². The smallest absolute Gasteiger partial charge is 0.303 e. The Labute approximate surface area is 122 Å². The maximum absolute atomic E-state index is 11.3. The molecule has 21 heavy (non-hydrogen) atoms. The Balaban J connectivity index is 3.10. The quantitative estimate of drug-likeness (QED) is 0.492. The van der Waals surface area contributed by atoms with Gasteiger partial charge in [-0.2, -0.15) is 0 Å². The number of hydrogen-bond donors (Lipinski definition) is 0. The Bertz CT molecular complexity index is 382. The Kier molecular flexibility index (Phi) is 6.73. The maximum atomic E-state index is 11.3. The van der Waals surface area contributed by atoms with Gasteiger partial charge in [0.2, 0.25) is 0 Å². The molecule has 1 aliphatic rings. The Morgan fingerprint density at radius 3 is 2.10 bits per heavy atom. The summed E-state index contributed by atoms with van der Waals surface area (Å²) in [5.74, 6) is -1.19. The number of ether oxygens (including phenoxy) is 5. The second kappa shape index (κ2) is 8.06. The zero-order chi connectivity index (χ0) is 16.0. The Morgan fingerprint density at radius 2 is 1.67 bits per heavy atom. The number of methoxy groups -OCH3 is 1. The fraction of sp³-hybridized carbons (Fsp3) is 0.769. The number of hydrogen-bond acceptors (Lipinski definition) is 8. The van der Waals surface area contributed by atoms with Crippen LogP contribution in [0.5, 0.6) is 0 Å². The van der Waals surface area contributed by atoms with Crippen molar-refractivity contribution in [3.05, 3.63) is 0 Å². The molecule has 0 aromatic heterocycles. The fourth-order valence-corrected chi connectivity index (χ4v) is 2.16. The molecule has 0 spiro atoms. The van der Waals surface area contributed by atoms with Crippen molar-refractivity contribution in [2.24, 2.45) is 0 Å². The van der Waals surface area contributed by atoms with Crippen molar-refractivity contribution in [3.8, 4) is 0 Å². The predicted molar refractivity (Wildman–Crippen MR) is 68.3 cm³/mol. The average Bonchev–Trinajstić information content (AvgIpc) is 2.41. The van der Waals surface area contributed by atoms with Crippen LogP contribution in [-0.2, 0) is 38.1 Å². The van der Waals surface area contributed by atoms with E-state index in [1.165, 1.54) is 21.0 Å². The number of carbonyl (C=O) groups excluding carboxylic acids is 3. The topological polar surface area (TPSA) is 97.4 Å². The van der Waals surface area contributed by atoms with E-state index in [1.807, 2.05) is 0 Å². The normalized spacial score (nSPS) is 32.3. The van der Waals surface area contributed by atoms with Crippen molar-refractivity contribution in [2.45, 2.75) is 51.5 Å². The molecule has 0 bridgehead atoms. The standard InChI is InChI=1S/C13H20O8/c1-5-18-10-9(6-14)21-13(17-4)12(20-8(3)16)11(10)19-7(2)15/h6,9-13H,5H2,1-4H3/t9-,10-,11+,12-,13-/m1/s1. The molecule has 1 aliphatic heterocycles. The lowest BCUT2D eigenvalue weighted by molar-refractivity contribution is -0.293. The van der Waals surface area contributed by atoms with E-state index in [2.05, 4.69) is 0 Å². The largest absolute Gasteiger partial charge is 0.455 e. The lowest BCUT2D eigenvalue weighted by atomic mass is 9.98. The van der Waals surface area contributed by atoms with Crippen molar-refractivity contribution in [3.63, 3.8) is 0 Å². The molecule has 120 valence electrons. The summed E-state index contributed by atoms with van der Waals surface area (Å²) in [5.41, 5.74) is 0. The SMILES string of the molecule is CCO[C@H]1[C@H](OC(C)=O)[C@@H](OC(C)=O)[C@H](OC)O[C@@H]1C=O. The molecule has 8 nitrogen and oxygen atoms in total. The van der Waals surface area contributed by atoms with E-state index in [4.69, 9.17) is 23.7 Å². The number of esters is 2. The summed E-state index contributed by atoms with van der Waals surface area (Å²) in [6.07, 6.45) is -4.40. The number of aldehydes is 1. The van der Waals surface area contributed by atoms with Crippen LogP contribution in [0.25, 0.3) is 0 Å². The molecule has 0 aliphatic carbocycles. The van der Waals surface area contributed by atoms with Gasteiger partial charge in [-0.3, -0.25) is 9.59 Å². The van der Waals surface area contributed by atoms with Gasteiger partial charge >= 0.3 is 11.9 Å². The van der Waals surface area contributed by atoms with Crippen molar-refractivity contribution in [2.75, 3.05) is 13.7 Å². The van der Waals surface area contributed by atoms with Gasteiger partial charge in [0.25, 0.3) is 0 Å². The molecule has 0 unspecified atom stereocenters. The first kappa shape index (κ1) is 17.5. The molecular weight excluding hydrogens is 284 g/mol. The van der Waals surface area contributed by atoms with E-state index in [-0.39, 0.29) is 6.61 Å². The van der Waals surface area contributed by atoms with Gasteiger partial charge in [0, 0.05) is 27.6 Å². The van der Waals surface area contributed by atoms with Crippen molar-refractivity contribution >= 4 is 18.2 Å². The van der Waals surface area contributed by atoms with Gasteiger partial charge in [0.15, 0.2) is 24.8 Å². The molecular formula is C13H20O8. The van der Waals surface area contributed by atoms with Crippen LogP contribution in [0.15, 0.2) is 0 Å². The highest BCUT2D eigenvalue weighted by atomic mass is 16.7. The first-order valence-corrected chi connectivity index (χ1v) is 6.54. The molecule has 0 N–H and O–H groups in total. The third-order valence-electron chi connectivity index (χ3n) is 2.86. The molecule has 0 aromatic rings. The first-order chi connectivity index (χ1) is 9.94. The van der Waals surface area contributed by atoms with Gasteiger partial charge in [0.05, 0.1) is 0 Å². The highest BCUT2D eigenvalue weighted by Gasteiger charge is 2.50. The van der Waals surface area contributed by atoms with E-state index in [9.17, 15) is 14.4 Å². The van der Waals surface area contributed by atoms with Crippen LogP contribution in [0.4, 0.5) is 0 Å². The minimum absolute atomic E-state index is 0.264. The maximum Gasteiger partial charge on any atom is 0.303 e. The minimum atomic E-state index is -1.04. The zero-order valence-electron chi connectivity index (χ0n) is 12.4. The summed E-state index contributed by atoms with van der Waals surface area (Å²) in [6.45, 7) is 4.40. The summed E-state index contributed by atoms with van der Waals surface area (Å²) >= 11 is 0. The lowest BCUT2D eigenvalue weighted by Crippen LogP contribution is -2.61.